The van der Waals surface area contributed by atoms with Gasteiger partial charge in [0.1, 0.15) is 5.75 Å². The van der Waals surface area contributed by atoms with E-state index in [1.807, 2.05) is 12.1 Å². The number of rotatable bonds is 4. The molecule has 1 aliphatic heterocycles. The molecule has 0 amide bonds. The van der Waals surface area contributed by atoms with Gasteiger partial charge in [-0.05, 0) is 19.4 Å². The Kier molecular flexibility index (Phi) is 4.14. The molecule has 18 heavy (non-hydrogen) atoms. The first-order valence-electron chi connectivity index (χ1n) is 6.10. The van der Waals surface area contributed by atoms with Crippen LogP contribution in [0.5, 0.6) is 5.75 Å². The minimum Gasteiger partial charge on any atom is -0.434 e. The lowest BCUT2D eigenvalue weighted by atomic mass is 10.1. The van der Waals surface area contributed by atoms with E-state index >= 15 is 0 Å². The molecule has 2 N–H and O–H groups in total. The summed E-state index contributed by atoms with van der Waals surface area (Å²) in [5, 5.41) is 0. The van der Waals surface area contributed by atoms with Crippen LogP contribution in [0.4, 0.5) is 8.78 Å². The molecule has 1 fully saturated rings. The molecule has 100 valence electrons. The predicted octanol–water partition coefficient (Wildman–Crippen LogP) is 2.21. The second kappa shape index (κ2) is 5.63. The largest absolute Gasteiger partial charge is 0.434 e. The average Bonchev–Trinajstić information content (AvgIpc) is 2.63. The van der Waals surface area contributed by atoms with Gasteiger partial charge in [-0.3, -0.25) is 4.90 Å². The van der Waals surface area contributed by atoms with Gasteiger partial charge in [0.2, 0.25) is 0 Å². The SMILES string of the molecule is CC1C(N)CCN1Cc1ccccc1OC(F)F. The Morgan fingerprint density at radius 2 is 2.17 bits per heavy atom. The first kappa shape index (κ1) is 13.2. The Morgan fingerprint density at radius 3 is 2.78 bits per heavy atom. The van der Waals surface area contributed by atoms with E-state index < -0.39 is 6.61 Å². The number of nitrogens with two attached hydrogens (primary N) is 1. The second-order valence-corrected chi connectivity index (χ2v) is 4.65. The van der Waals surface area contributed by atoms with Crippen LogP contribution >= 0.6 is 0 Å². The van der Waals surface area contributed by atoms with Crippen molar-refractivity contribution in [2.75, 3.05) is 6.54 Å². The predicted molar refractivity (Wildman–Crippen MR) is 65.5 cm³/mol. The van der Waals surface area contributed by atoms with Crippen molar-refractivity contribution in [1.82, 2.24) is 4.90 Å². The number of likely N-dealkylation sites (tertiary alicyclic amines) is 1. The third-order valence-electron chi connectivity index (χ3n) is 3.51. The zero-order valence-corrected chi connectivity index (χ0v) is 10.4. The Morgan fingerprint density at radius 1 is 1.44 bits per heavy atom. The molecule has 0 radical (unpaired) electrons. The molecule has 1 aliphatic rings. The minimum absolute atomic E-state index is 0.160. The topological polar surface area (TPSA) is 38.5 Å². The summed E-state index contributed by atoms with van der Waals surface area (Å²) in [4.78, 5) is 2.19. The van der Waals surface area contributed by atoms with Crippen molar-refractivity contribution in [2.45, 2.75) is 38.6 Å². The van der Waals surface area contributed by atoms with Crippen LogP contribution in [0.25, 0.3) is 0 Å². The van der Waals surface area contributed by atoms with Crippen LogP contribution in [0.2, 0.25) is 0 Å². The fraction of sp³-hybridized carbons (Fsp3) is 0.538. The van der Waals surface area contributed by atoms with Crippen molar-refractivity contribution < 1.29 is 13.5 Å². The van der Waals surface area contributed by atoms with Crippen LogP contribution < -0.4 is 10.5 Å². The maximum atomic E-state index is 12.3. The van der Waals surface area contributed by atoms with Gasteiger partial charge < -0.3 is 10.5 Å². The maximum Gasteiger partial charge on any atom is 0.387 e. The Hall–Kier alpha value is -1.20. The number of ether oxygens (including phenoxy) is 1. The Balaban J connectivity index is 2.09. The normalized spacial score (nSPS) is 24.7. The molecular formula is C13H18F2N2O. The summed E-state index contributed by atoms with van der Waals surface area (Å²) in [5.41, 5.74) is 6.72. The van der Waals surface area contributed by atoms with Crippen molar-refractivity contribution in [3.63, 3.8) is 0 Å². The van der Waals surface area contributed by atoms with Crippen molar-refractivity contribution in [2.24, 2.45) is 5.73 Å². The van der Waals surface area contributed by atoms with Crippen LogP contribution in [0.3, 0.4) is 0 Å². The molecule has 2 atom stereocenters. The fourth-order valence-electron chi connectivity index (χ4n) is 2.32. The zero-order chi connectivity index (χ0) is 13.1. The number of hydrogen-bond donors (Lipinski definition) is 1. The molecule has 1 heterocycles. The quantitative estimate of drug-likeness (QED) is 0.897. The van der Waals surface area contributed by atoms with Crippen LogP contribution in [0, 0.1) is 0 Å². The van der Waals surface area contributed by atoms with E-state index in [1.54, 1.807) is 12.1 Å². The van der Waals surface area contributed by atoms with Crippen LogP contribution in [0.1, 0.15) is 18.9 Å². The zero-order valence-electron chi connectivity index (χ0n) is 10.4. The van der Waals surface area contributed by atoms with Crippen molar-refractivity contribution >= 4 is 0 Å². The molecule has 0 saturated carbocycles. The van der Waals surface area contributed by atoms with Crippen LogP contribution in [0.15, 0.2) is 24.3 Å². The third kappa shape index (κ3) is 2.97. The van der Waals surface area contributed by atoms with Crippen LogP contribution in [-0.2, 0) is 6.54 Å². The fourth-order valence-corrected chi connectivity index (χ4v) is 2.32. The summed E-state index contributed by atoms with van der Waals surface area (Å²) >= 11 is 0. The molecule has 1 aromatic rings. The third-order valence-corrected chi connectivity index (χ3v) is 3.51. The lowest BCUT2D eigenvalue weighted by Gasteiger charge is -2.24. The lowest BCUT2D eigenvalue weighted by Crippen LogP contribution is -2.36. The van der Waals surface area contributed by atoms with E-state index in [1.165, 1.54) is 0 Å². The van der Waals surface area contributed by atoms with Gasteiger partial charge in [0.05, 0.1) is 0 Å². The van der Waals surface area contributed by atoms with Gasteiger partial charge in [-0.1, -0.05) is 18.2 Å². The summed E-state index contributed by atoms with van der Waals surface area (Å²) in [5.74, 6) is 0.250. The molecule has 0 spiro atoms. The standard InChI is InChI=1S/C13H18F2N2O/c1-9-11(16)6-7-17(9)8-10-4-2-3-5-12(10)18-13(14)15/h2-5,9,11,13H,6-8,16H2,1H3. The number of para-hydroxylation sites is 1. The molecule has 0 aliphatic carbocycles. The average molecular weight is 256 g/mol. The molecular weight excluding hydrogens is 238 g/mol. The van der Waals surface area contributed by atoms with E-state index in [-0.39, 0.29) is 17.8 Å². The highest BCUT2D eigenvalue weighted by Gasteiger charge is 2.28. The van der Waals surface area contributed by atoms with E-state index in [0.29, 0.717) is 6.54 Å². The molecule has 2 rings (SSSR count). The van der Waals surface area contributed by atoms with Gasteiger partial charge >= 0.3 is 6.61 Å². The molecule has 1 saturated heterocycles. The summed E-state index contributed by atoms with van der Waals surface area (Å²) in [6.45, 7) is 0.765. The Bertz CT molecular complexity index is 400. The second-order valence-electron chi connectivity index (χ2n) is 4.65. The number of halogens is 2. The van der Waals surface area contributed by atoms with E-state index in [9.17, 15) is 8.78 Å². The maximum absolute atomic E-state index is 12.3. The molecule has 2 unspecified atom stereocenters. The molecule has 3 nitrogen and oxygen atoms in total. The monoisotopic (exact) mass is 256 g/mol. The molecule has 0 aromatic heterocycles. The van der Waals surface area contributed by atoms with Gasteiger partial charge in [0.25, 0.3) is 0 Å². The van der Waals surface area contributed by atoms with Crippen molar-refractivity contribution in [1.29, 1.82) is 0 Å². The highest BCUT2D eigenvalue weighted by molar-refractivity contribution is 5.33. The van der Waals surface area contributed by atoms with Crippen molar-refractivity contribution in [3.05, 3.63) is 29.8 Å². The highest BCUT2D eigenvalue weighted by atomic mass is 19.3. The summed E-state index contributed by atoms with van der Waals surface area (Å²) in [6.07, 6.45) is 0.943. The first-order valence-corrected chi connectivity index (χ1v) is 6.10. The molecule has 5 heteroatoms. The number of benzene rings is 1. The molecule has 1 aromatic carbocycles. The smallest absolute Gasteiger partial charge is 0.387 e. The van der Waals surface area contributed by atoms with E-state index in [4.69, 9.17) is 5.73 Å². The van der Waals surface area contributed by atoms with Crippen molar-refractivity contribution in [3.8, 4) is 5.75 Å². The van der Waals surface area contributed by atoms with Gasteiger partial charge in [-0.2, -0.15) is 8.78 Å². The van der Waals surface area contributed by atoms with E-state index in [0.717, 1.165) is 18.5 Å². The van der Waals surface area contributed by atoms with Gasteiger partial charge in [-0.25, -0.2) is 0 Å². The van der Waals surface area contributed by atoms with Crippen LogP contribution in [-0.4, -0.2) is 30.1 Å². The number of nitrogens with zero attached hydrogens (tertiary/aromatic N) is 1. The number of hydrogen-bond acceptors (Lipinski definition) is 3. The Labute approximate surface area is 106 Å². The lowest BCUT2D eigenvalue weighted by molar-refractivity contribution is -0.0508. The minimum atomic E-state index is -2.79. The summed E-state index contributed by atoms with van der Waals surface area (Å²) in [6, 6.07) is 7.34. The molecule has 0 bridgehead atoms. The highest BCUT2D eigenvalue weighted by Crippen LogP contribution is 2.25. The van der Waals surface area contributed by atoms with Gasteiger partial charge in [0, 0.05) is 30.7 Å². The number of alkyl halides is 2. The first-order chi connectivity index (χ1) is 8.58. The summed E-state index contributed by atoms with van der Waals surface area (Å²) in [7, 11) is 0. The summed E-state index contributed by atoms with van der Waals surface area (Å²) < 4.78 is 29.1. The van der Waals surface area contributed by atoms with Gasteiger partial charge in [-0.15, -0.1) is 0 Å². The van der Waals surface area contributed by atoms with E-state index in [2.05, 4.69) is 16.6 Å². The van der Waals surface area contributed by atoms with Gasteiger partial charge in [0.15, 0.2) is 0 Å².